The molecule has 0 fully saturated rings. The van der Waals surface area contributed by atoms with Crippen LogP contribution in [-0.2, 0) is 6.18 Å². The van der Waals surface area contributed by atoms with Crippen molar-refractivity contribution in [2.45, 2.75) is 12.6 Å². The van der Waals surface area contributed by atoms with E-state index in [1.165, 1.54) is 6.20 Å². The third-order valence-corrected chi connectivity index (χ3v) is 2.70. The van der Waals surface area contributed by atoms with Crippen molar-refractivity contribution in [1.82, 2.24) is 25.3 Å². The molecule has 3 N–H and O–H groups in total. The van der Waals surface area contributed by atoms with Crippen LogP contribution in [0.5, 0.6) is 0 Å². The average Bonchev–Trinajstić information content (AvgIpc) is 2.96. The van der Waals surface area contributed by atoms with E-state index >= 15 is 0 Å². The Bertz CT molecular complexity index is 637. The summed E-state index contributed by atoms with van der Waals surface area (Å²) in [5.74, 6) is -0.312. The molecule has 0 aliphatic carbocycles. The van der Waals surface area contributed by atoms with Crippen molar-refractivity contribution in [2.24, 2.45) is 5.73 Å². The Morgan fingerprint density at radius 1 is 1.36 bits per heavy atom. The first-order valence-electron chi connectivity index (χ1n) is 6.36. The zero-order valence-electron chi connectivity index (χ0n) is 11.3. The van der Waals surface area contributed by atoms with Crippen LogP contribution in [0.1, 0.15) is 22.5 Å². The number of nitrogens with two attached hydrogens (primary N) is 1. The Morgan fingerprint density at radius 3 is 2.73 bits per heavy atom. The van der Waals surface area contributed by atoms with Crippen LogP contribution in [0.3, 0.4) is 0 Å². The summed E-state index contributed by atoms with van der Waals surface area (Å²) >= 11 is 0. The molecule has 1 amide bonds. The number of pyridine rings is 1. The van der Waals surface area contributed by atoms with Gasteiger partial charge in [0.1, 0.15) is 0 Å². The molecule has 0 atom stereocenters. The minimum absolute atomic E-state index is 0.0405. The second-order valence-electron chi connectivity index (χ2n) is 4.35. The van der Waals surface area contributed by atoms with Crippen molar-refractivity contribution in [3.05, 3.63) is 35.8 Å². The number of nitrogens with one attached hydrogen (secondary N) is 1. The lowest BCUT2D eigenvalue weighted by atomic mass is 10.3. The van der Waals surface area contributed by atoms with Gasteiger partial charge >= 0.3 is 6.18 Å². The lowest BCUT2D eigenvalue weighted by molar-refractivity contribution is -0.137. The van der Waals surface area contributed by atoms with Crippen LogP contribution in [0, 0.1) is 0 Å². The molecule has 0 spiro atoms. The molecule has 2 heterocycles. The Morgan fingerprint density at radius 2 is 2.14 bits per heavy atom. The summed E-state index contributed by atoms with van der Waals surface area (Å²) in [4.78, 5) is 15.4. The van der Waals surface area contributed by atoms with Crippen LogP contribution in [0.25, 0.3) is 5.82 Å². The van der Waals surface area contributed by atoms with Crippen LogP contribution in [0.15, 0.2) is 24.5 Å². The molecule has 0 saturated carbocycles. The zero-order valence-corrected chi connectivity index (χ0v) is 11.3. The number of carbonyl (C=O) groups excluding carboxylic acids is 1. The minimum Gasteiger partial charge on any atom is -0.351 e. The minimum atomic E-state index is -4.46. The number of hydrogen-bond donors (Lipinski definition) is 2. The van der Waals surface area contributed by atoms with Gasteiger partial charge in [-0.05, 0) is 25.1 Å². The number of amides is 1. The highest BCUT2D eigenvalue weighted by Crippen LogP contribution is 2.28. The normalized spacial score (nSPS) is 11.5. The molecule has 0 aliphatic heterocycles. The molecule has 2 rings (SSSR count). The predicted molar refractivity (Wildman–Crippen MR) is 70.2 cm³/mol. The Balaban J connectivity index is 2.09. The van der Waals surface area contributed by atoms with E-state index in [1.54, 1.807) is 0 Å². The molecule has 0 unspecified atom stereocenters. The highest BCUT2D eigenvalue weighted by molar-refractivity contribution is 5.91. The molecule has 10 heteroatoms. The van der Waals surface area contributed by atoms with Crippen molar-refractivity contribution < 1.29 is 18.0 Å². The van der Waals surface area contributed by atoms with Gasteiger partial charge in [0.25, 0.3) is 5.91 Å². The van der Waals surface area contributed by atoms with E-state index in [9.17, 15) is 18.0 Å². The quantitative estimate of drug-likeness (QED) is 0.794. The molecule has 22 heavy (non-hydrogen) atoms. The van der Waals surface area contributed by atoms with Gasteiger partial charge in [0, 0.05) is 12.7 Å². The number of nitrogens with zero attached hydrogens (tertiary/aromatic N) is 4. The number of carbonyl (C=O) groups is 1. The average molecular weight is 314 g/mol. The largest absolute Gasteiger partial charge is 0.417 e. The van der Waals surface area contributed by atoms with E-state index in [1.807, 2.05) is 0 Å². The summed E-state index contributed by atoms with van der Waals surface area (Å²) in [6, 6.07) is 2.03. The first-order valence-corrected chi connectivity index (χ1v) is 6.36. The smallest absolute Gasteiger partial charge is 0.351 e. The van der Waals surface area contributed by atoms with Gasteiger partial charge < -0.3 is 11.1 Å². The standard InChI is InChI=1S/C12H13F3N6O/c13-12(14,15)8-2-3-10(18-6-8)21-7-9(19-20-21)11(22)17-5-1-4-16/h2-3,6-7H,1,4-5,16H2,(H,17,22). The lowest BCUT2D eigenvalue weighted by Crippen LogP contribution is -2.26. The SMILES string of the molecule is NCCCNC(=O)c1cn(-c2ccc(C(F)(F)F)cn2)nn1. The highest BCUT2D eigenvalue weighted by atomic mass is 19.4. The third-order valence-electron chi connectivity index (χ3n) is 2.70. The molecule has 7 nitrogen and oxygen atoms in total. The Hall–Kier alpha value is -2.49. The first-order chi connectivity index (χ1) is 10.4. The Labute approximate surface area is 123 Å². The van der Waals surface area contributed by atoms with Crippen LogP contribution in [-0.4, -0.2) is 39.0 Å². The van der Waals surface area contributed by atoms with Crippen molar-refractivity contribution in [2.75, 3.05) is 13.1 Å². The van der Waals surface area contributed by atoms with E-state index in [4.69, 9.17) is 5.73 Å². The predicted octanol–water partition coefficient (Wildman–Crippen LogP) is 0.760. The highest BCUT2D eigenvalue weighted by Gasteiger charge is 2.30. The second kappa shape index (κ2) is 6.52. The summed E-state index contributed by atoms with van der Waals surface area (Å²) in [7, 11) is 0. The van der Waals surface area contributed by atoms with Gasteiger partial charge in [0.15, 0.2) is 11.5 Å². The third kappa shape index (κ3) is 3.79. The lowest BCUT2D eigenvalue weighted by Gasteiger charge is -2.06. The topological polar surface area (TPSA) is 98.7 Å². The maximum Gasteiger partial charge on any atom is 0.417 e. The fraction of sp³-hybridized carbons (Fsp3) is 0.333. The van der Waals surface area contributed by atoms with Crippen LogP contribution in [0.2, 0.25) is 0 Å². The number of halogens is 3. The van der Waals surface area contributed by atoms with Gasteiger partial charge in [-0.2, -0.15) is 13.2 Å². The summed E-state index contributed by atoms with van der Waals surface area (Å²) in [5.41, 5.74) is 4.48. The van der Waals surface area contributed by atoms with Crippen molar-refractivity contribution in [3.63, 3.8) is 0 Å². The molecular weight excluding hydrogens is 301 g/mol. The van der Waals surface area contributed by atoms with E-state index in [0.29, 0.717) is 25.7 Å². The summed E-state index contributed by atoms with van der Waals surface area (Å²) in [5, 5.41) is 9.90. The van der Waals surface area contributed by atoms with Gasteiger partial charge in [0.05, 0.1) is 11.8 Å². The molecule has 0 bridgehead atoms. The van der Waals surface area contributed by atoms with Gasteiger partial charge in [-0.15, -0.1) is 5.10 Å². The fourth-order valence-electron chi connectivity index (χ4n) is 1.56. The molecule has 0 aromatic carbocycles. The summed E-state index contributed by atoms with van der Waals surface area (Å²) < 4.78 is 38.5. The molecule has 0 radical (unpaired) electrons. The second-order valence-corrected chi connectivity index (χ2v) is 4.35. The van der Waals surface area contributed by atoms with E-state index in [0.717, 1.165) is 16.8 Å². The maximum atomic E-state index is 12.4. The van der Waals surface area contributed by atoms with Gasteiger partial charge in [0.2, 0.25) is 0 Å². The first kappa shape index (κ1) is 15.9. The maximum absolute atomic E-state index is 12.4. The molecular formula is C12H13F3N6O. The fourth-order valence-corrected chi connectivity index (χ4v) is 1.56. The molecule has 118 valence electrons. The number of rotatable bonds is 5. The van der Waals surface area contributed by atoms with Crippen molar-refractivity contribution in [3.8, 4) is 5.82 Å². The van der Waals surface area contributed by atoms with E-state index in [-0.39, 0.29) is 11.5 Å². The van der Waals surface area contributed by atoms with E-state index < -0.39 is 17.6 Å². The number of hydrogen-bond acceptors (Lipinski definition) is 5. The van der Waals surface area contributed by atoms with Crippen molar-refractivity contribution >= 4 is 5.91 Å². The summed E-state index contributed by atoms with van der Waals surface area (Å²) in [6.07, 6.45) is -1.85. The zero-order chi connectivity index (χ0) is 16.2. The van der Waals surface area contributed by atoms with Crippen LogP contribution >= 0.6 is 0 Å². The molecule has 2 aromatic rings. The molecule has 2 aromatic heterocycles. The van der Waals surface area contributed by atoms with E-state index in [2.05, 4.69) is 20.6 Å². The molecule has 0 saturated heterocycles. The van der Waals surface area contributed by atoms with Crippen LogP contribution in [0.4, 0.5) is 13.2 Å². The Kier molecular flexibility index (Phi) is 4.71. The van der Waals surface area contributed by atoms with Gasteiger partial charge in [-0.1, -0.05) is 5.21 Å². The molecule has 0 aliphatic rings. The monoisotopic (exact) mass is 314 g/mol. The van der Waals surface area contributed by atoms with Gasteiger partial charge in [-0.25, -0.2) is 9.67 Å². The van der Waals surface area contributed by atoms with Crippen molar-refractivity contribution in [1.29, 1.82) is 0 Å². The van der Waals surface area contributed by atoms with Crippen LogP contribution < -0.4 is 11.1 Å². The number of aromatic nitrogens is 4. The van der Waals surface area contributed by atoms with Gasteiger partial charge in [-0.3, -0.25) is 4.79 Å². The summed E-state index contributed by atoms with van der Waals surface area (Å²) in [6.45, 7) is 0.850. The number of alkyl halides is 3.